The van der Waals surface area contributed by atoms with E-state index < -0.39 is 0 Å². The Morgan fingerprint density at radius 1 is 1.31 bits per heavy atom. The fourth-order valence-electron chi connectivity index (χ4n) is 4.00. The van der Waals surface area contributed by atoms with Crippen LogP contribution in [0, 0.1) is 5.92 Å². The van der Waals surface area contributed by atoms with Gasteiger partial charge in [-0.1, -0.05) is 55.0 Å². The highest BCUT2D eigenvalue weighted by Gasteiger charge is 2.62. The maximum atomic E-state index is 2.40. The minimum absolute atomic E-state index is 0.437. The monoisotopic (exact) mass is 208 g/mol. The van der Waals surface area contributed by atoms with Gasteiger partial charge in [0.15, 0.2) is 0 Å². The van der Waals surface area contributed by atoms with Crippen LogP contribution in [0.3, 0.4) is 0 Å². The third-order valence-corrected chi connectivity index (χ3v) is 4.75. The highest BCUT2D eigenvalue weighted by atomic mass is 14.6. The zero-order valence-electron chi connectivity index (χ0n) is 9.61. The predicted octanol–water partition coefficient (Wildman–Crippen LogP) is 3.95. The molecule has 16 heavy (non-hydrogen) atoms. The second-order valence-corrected chi connectivity index (χ2v) is 5.34. The summed E-state index contributed by atoms with van der Waals surface area (Å²) in [6.45, 7) is 2.32. The zero-order chi connectivity index (χ0) is 10.8. The molecule has 0 heterocycles. The van der Waals surface area contributed by atoms with Crippen molar-refractivity contribution in [2.24, 2.45) is 5.92 Å². The fraction of sp³-hybridized carbons (Fsp3) is 0.375. The molecule has 0 saturated heterocycles. The summed E-state index contributed by atoms with van der Waals surface area (Å²) in [5.74, 6) is 1.48. The number of rotatable bonds is 1. The lowest BCUT2D eigenvalue weighted by atomic mass is 9.85. The van der Waals surface area contributed by atoms with Crippen LogP contribution in [0.4, 0.5) is 0 Å². The van der Waals surface area contributed by atoms with Crippen molar-refractivity contribution in [2.75, 3.05) is 0 Å². The van der Waals surface area contributed by atoms with Crippen LogP contribution >= 0.6 is 0 Å². The van der Waals surface area contributed by atoms with Crippen molar-refractivity contribution < 1.29 is 0 Å². The molecular formula is C16H16. The molecule has 1 spiro atoms. The van der Waals surface area contributed by atoms with Crippen molar-refractivity contribution in [3.63, 3.8) is 0 Å². The molecule has 1 aromatic rings. The largest absolute Gasteiger partial charge is 0.0802 e. The van der Waals surface area contributed by atoms with Crippen molar-refractivity contribution in [3.8, 4) is 0 Å². The van der Waals surface area contributed by atoms with E-state index in [1.54, 1.807) is 16.7 Å². The molecule has 3 aliphatic carbocycles. The Morgan fingerprint density at radius 2 is 2.19 bits per heavy atom. The van der Waals surface area contributed by atoms with Crippen LogP contribution in [0.2, 0.25) is 0 Å². The van der Waals surface area contributed by atoms with Crippen molar-refractivity contribution in [1.82, 2.24) is 0 Å². The molecule has 0 aromatic heterocycles. The van der Waals surface area contributed by atoms with Crippen LogP contribution < -0.4 is 0 Å². The van der Waals surface area contributed by atoms with Gasteiger partial charge in [-0.3, -0.25) is 0 Å². The minimum Gasteiger partial charge on any atom is -0.0802 e. The Labute approximate surface area is 96.7 Å². The predicted molar refractivity (Wildman–Crippen MR) is 66.5 cm³/mol. The highest BCUT2D eigenvalue weighted by molar-refractivity contribution is 5.63. The number of fused-ring (bicyclic) bond motifs is 1. The normalized spacial score (nSPS) is 37.4. The van der Waals surface area contributed by atoms with Gasteiger partial charge in [0.1, 0.15) is 0 Å². The van der Waals surface area contributed by atoms with Gasteiger partial charge in [-0.05, 0) is 29.9 Å². The lowest BCUT2D eigenvalue weighted by Crippen LogP contribution is -2.10. The first-order valence-electron chi connectivity index (χ1n) is 6.36. The third-order valence-electron chi connectivity index (χ3n) is 4.75. The maximum Gasteiger partial charge on any atom is 0.0243 e. The van der Waals surface area contributed by atoms with E-state index in [9.17, 15) is 0 Å². The first kappa shape index (κ1) is 8.81. The molecule has 1 fully saturated rings. The van der Waals surface area contributed by atoms with Crippen molar-refractivity contribution in [1.29, 1.82) is 0 Å². The Morgan fingerprint density at radius 3 is 3.06 bits per heavy atom. The van der Waals surface area contributed by atoms with Gasteiger partial charge in [-0.25, -0.2) is 0 Å². The van der Waals surface area contributed by atoms with E-state index in [0.29, 0.717) is 11.3 Å². The van der Waals surface area contributed by atoms with E-state index in [2.05, 4.69) is 49.4 Å². The first-order valence-corrected chi connectivity index (χ1v) is 6.36. The Bertz CT molecular complexity index is 521. The molecular weight excluding hydrogens is 192 g/mol. The van der Waals surface area contributed by atoms with E-state index in [1.165, 1.54) is 12.8 Å². The van der Waals surface area contributed by atoms with Gasteiger partial charge in [-0.2, -0.15) is 0 Å². The number of hydrogen-bond acceptors (Lipinski definition) is 0. The molecule has 4 rings (SSSR count). The van der Waals surface area contributed by atoms with E-state index in [-0.39, 0.29) is 0 Å². The maximum absolute atomic E-state index is 2.40. The number of benzene rings is 1. The summed E-state index contributed by atoms with van der Waals surface area (Å²) < 4.78 is 0. The van der Waals surface area contributed by atoms with E-state index in [4.69, 9.17) is 0 Å². The van der Waals surface area contributed by atoms with Crippen LogP contribution in [0.1, 0.15) is 36.8 Å². The van der Waals surface area contributed by atoms with Crippen molar-refractivity contribution >= 4 is 0 Å². The molecule has 0 amide bonds. The van der Waals surface area contributed by atoms with Gasteiger partial charge in [0.05, 0.1) is 0 Å². The molecule has 1 aromatic carbocycles. The molecule has 0 radical (unpaired) electrons. The van der Waals surface area contributed by atoms with Crippen LogP contribution in [-0.4, -0.2) is 0 Å². The van der Waals surface area contributed by atoms with E-state index in [1.807, 2.05) is 0 Å². The van der Waals surface area contributed by atoms with Gasteiger partial charge in [-0.15, -0.1) is 0 Å². The van der Waals surface area contributed by atoms with Crippen LogP contribution in [0.5, 0.6) is 0 Å². The van der Waals surface area contributed by atoms with Gasteiger partial charge in [0.25, 0.3) is 0 Å². The second kappa shape index (κ2) is 2.68. The average Bonchev–Trinajstić information content (AvgIpc) is 3.00. The molecule has 1 saturated carbocycles. The molecule has 0 N–H and O–H groups in total. The quantitative estimate of drug-likeness (QED) is 0.655. The lowest BCUT2D eigenvalue weighted by molar-refractivity contribution is 0.701. The third kappa shape index (κ3) is 0.797. The minimum atomic E-state index is 0.437. The van der Waals surface area contributed by atoms with E-state index >= 15 is 0 Å². The summed E-state index contributed by atoms with van der Waals surface area (Å²) in [4.78, 5) is 0. The molecule has 3 unspecified atom stereocenters. The van der Waals surface area contributed by atoms with Crippen LogP contribution in [-0.2, 0) is 5.41 Å². The SMILES string of the molecule is CCC1C2=CC=CC3CC23c2ccccc21. The Hall–Kier alpha value is -1.30. The molecule has 0 nitrogen and oxygen atoms in total. The topological polar surface area (TPSA) is 0 Å². The van der Waals surface area contributed by atoms with Crippen LogP contribution in [0.25, 0.3) is 0 Å². The zero-order valence-corrected chi connectivity index (χ0v) is 9.61. The average molecular weight is 208 g/mol. The Kier molecular flexibility index (Phi) is 1.48. The smallest absolute Gasteiger partial charge is 0.0243 e. The summed E-state index contributed by atoms with van der Waals surface area (Å²) in [7, 11) is 0. The molecule has 0 heteroatoms. The van der Waals surface area contributed by atoms with E-state index in [0.717, 1.165) is 5.92 Å². The summed E-state index contributed by atoms with van der Waals surface area (Å²) >= 11 is 0. The standard InChI is InChI=1S/C16H16/c1-2-12-13-7-3-4-8-15(13)16-10-11(16)6-5-9-14(12)16/h3-9,11-12H,2,10H2,1H3. The molecule has 3 atom stereocenters. The lowest BCUT2D eigenvalue weighted by Gasteiger charge is -2.18. The summed E-state index contributed by atoms with van der Waals surface area (Å²) in [6.07, 6.45) is 9.66. The van der Waals surface area contributed by atoms with Gasteiger partial charge >= 0.3 is 0 Å². The molecule has 3 aliphatic rings. The van der Waals surface area contributed by atoms with Crippen LogP contribution in [0.15, 0.2) is 48.1 Å². The number of hydrogen-bond donors (Lipinski definition) is 0. The molecule has 0 bridgehead atoms. The summed E-state index contributed by atoms with van der Waals surface area (Å²) in [6, 6.07) is 9.10. The summed E-state index contributed by atoms with van der Waals surface area (Å²) in [5, 5.41) is 0. The number of allylic oxidation sites excluding steroid dienone is 4. The van der Waals surface area contributed by atoms with Crippen molar-refractivity contribution in [2.45, 2.75) is 31.1 Å². The molecule has 0 aliphatic heterocycles. The first-order chi connectivity index (χ1) is 7.88. The van der Waals surface area contributed by atoms with Gasteiger partial charge < -0.3 is 0 Å². The molecule has 80 valence electrons. The highest BCUT2D eigenvalue weighted by Crippen LogP contribution is 2.69. The van der Waals surface area contributed by atoms with Gasteiger partial charge in [0, 0.05) is 11.3 Å². The Balaban J connectivity index is 2.00. The summed E-state index contributed by atoms with van der Waals surface area (Å²) in [5.41, 5.74) is 5.36. The van der Waals surface area contributed by atoms with Gasteiger partial charge in [0.2, 0.25) is 0 Å². The van der Waals surface area contributed by atoms with Crippen molar-refractivity contribution in [3.05, 3.63) is 59.2 Å². The fourth-order valence-corrected chi connectivity index (χ4v) is 4.00. The second-order valence-electron chi connectivity index (χ2n) is 5.34.